The number of aromatic nitrogens is 2. The molecule has 0 radical (unpaired) electrons. The smallest absolute Gasteiger partial charge is 0.335 e. The highest BCUT2D eigenvalue weighted by Crippen LogP contribution is 2.32. The van der Waals surface area contributed by atoms with Crippen LogP contribution in [0.4, 0.5) is 0 Å². The number of rotatable bonds is 1. The zero-order chi connectivity index (χ0) is 13.4. The van der Waals surface area contributed by atoms with E-state index in [4.69, 9.17) is 15.1 Å². The van der Waals surface area contributed by atoms with Gasteiger partial charge in [-0.3, -0.25) is 0 Å². The third kappa shape index (κ3) is 1.81. The standard InChI is InChI=1S/C13H9N3O3/c14-6-9-7-16-3-4-19-11-2-1-8(13(17)18)5-10(11)12(16)15-9/h1-2,5,7H,3-4H2,(H,17,18). The van der Waals surface area contributed by atoms with E-state index < -0.39 is 5.97 Å². The predicted molar refractivity (Wildman–Crippen MR) is 64.8 cm³/mol. The van der Waals surface area contributed by atoms with Crippen LogP contribution in [-0.4, -0.2) is 27.2 Å². The molecule has 19 heavy (non-hydrogen) atoms. The molecule has 1 N–H and O–H groups in total. The van der Waals surface area contributed by atoms with Gasteiger partial charge in [0.25, 0.3) is 0 Å². The fraction of sp³-hybridized carbons (Fsp3) is 0.154. The van der Waals surface area contributed by atoms with E-state index in [1.165, 1.54) is 12.1 Å². The predicted octanol–water partition coefficient (Wildman–Crippen LogP) is 1.51. The van der Waals surface area contributed by atoms with Gasteiger partial charge in [-0.2, -0.15) is 5.26 Å². The van der Waals surface area contributed by atoms with Crippen molar-refractivity contribution in [1.82, 2.24) is 9.55 Å². The van der Waals surface area contributed by atoms with Crippen LogP contribution in [0.5, 0.6) is 5.75 Å². The number of benzene rings is 1. The maximum Gasteiger partial charge on any atom is 0.335 e. The van der Waals surface area contributed by atoms with Gasteiger partial charge >= 0.3 is 5.97 Å². The highest BCUT2D eigenvalue weighted by Gasteiger charge is 2.19. The van der Waals surface area contributed by atoms with Crippen LogP contribution in [0.3, 0.4) is 0 Å². The van der Waals surface area contributed by atoms with Crippen LogP contribution in [0.2, 0.25) is 0 Å². The first-order valence-corrected chi connectivity index (χ1v) is 5.67. The average molecular weight is 255 g/mol. The van der Waals surface area contributed by atoms with Crippen molar-refractivity contribution in [3.05, 3.63) is 35.7 Å². The van der Waals surface area contributed by atoms with Crippen LogP contribution in [0.1, 0.15) is 16.1 Å². The number of fused-ring (bicyclic) bond motifs is 3. The Morgan fingerprint density at radius 3 is 3.11 bits per heavy atom. The lowest BCUT2D eigenvalue weighted by Crippen LogP contribution is -2.04. The fourth-order valence-corrected chi connectivity index (χ4v) is 2.07. The second-order valence-corrected chi connectivity index (χ2v) is 4.12. The third-order valence-electron chi connectivity index (χ3n) is 2.95. The number of carbonyl (C=O) groups is 1. The first-order valence-electron chi connectivity index (χ1n) is 5.67. The van der Waals surface area contributed by atoms with Crippen LogP contribution in [-0.2, 0) is 6.54 Å². The number of carboxylic acids is 1. The minimum absolute atomic E-state index is 0.164. The van der Waals surface area contributed by atoms with E-state index in [1.54, 1.807) is 16.8 Å². The summed E-state index contributed by atoms with van der Waals surface area (Å²) >= 11 is 0. The normalized spacial score (nSPS) is 12.6. The highest BCUT2D eigenvalue weighted by atomic mass is 16.5. The van der Waals surface area contributed by atoms with E-state index >= 15 is 0 Å². The molecule has 1 aromatic heterocycles. The molecule has 6 heteroatoms. The molecule has 0 amide bonds. The molecule has 1 aromatic carbocycles. The molecule has 0 atom stereocenters. The maximum atomic E-state index is 11.0. The minimum Gasteiger partial charge on any atom is -0.491 e. The molecule has 6 nitrogen and oxygen atoms in total. The Morgan fingerprint density at radius 2 is 2.37 bits per heavy atom. The monoisotopic (exact) mass is 255 g/mol. The van der Waals surface area contributed by atoms with Crippen LogP contribution in [0.15, 0.2) is 24.4 Å². The summed E-state index contributed by atoms with van der Waals surface area (Å²) in [6.45, 7) is 1.02. The Bertz CT molecular complexity index is 712. The number of imidazole rings is 1. The van der Waals surface area contributed by atoms with Crippen molar-refractivity contribution in [2.24, 2.45) is 0 Å². The summed E-state index contributed by atoms with van der Waals surface area (Å²) < 4.78 is 7.36. The number of ether oxygens (including phenoxy) is 1. The second kappa shape index (κ2) is 4.14. The summed E-state index contributed by atoms with van der Waals surface area (Å²) in [6.07, 6.45) is 1.64. The number of nitrogens with zero attached hydrogens (tertiary/aromatic N) is 3. The molecule has 1 aliphatic heterocycles. The molecule has 2 aromatic rings. The van der Waals surface area contributed by atoms with Crippen molar-refractivity contribution in [3.8, 4) is 23.2 Å². The Kier molecular flexibility index (Phi) is 2.46. The molecule has 1 aliphatic rings. The lowest BCUT2D eigenvalue weighted by atomic mass is 10.1. The van der Waals surface area contributed by atoms with Crippen molar-refractivity contribution in [1.29, 1.82) is 5.26 Å². The molecular weight excluding hydrogens is 246 g/mol. The van der Waals surface area contributed by atoms with Gasteiger partial charge < -0.3 is 14.4 Å². The Balaban J connectivity index is 2.23. The molecule has 0 fully saturated rings. The van der Waals surface area contributed by atoms with Crippen molar-refractivity contribution >= 4 is 5.97 Å². The fourth-order valence-electron chi connectivity index (χ4n) is 2.07. The number of hydrogen-bond donors (Lipinski definition) is 1. The minimum atomic E-state index is -1.01. The molecule has 3 rings (SSSR count). The second-order valence-electron chi connectivity index (χ2n) is 4.12. The lowest BCUT2D eigenvalue weighted by molar-refractivity contribution is 0.0697. The van der Waals surface area contributed by atoms with Gasteiger partial charge in [-0.25, -0.2) is 9.78 Å². The number of aromatic carboxylic acids is 1. The van der Waals surface area contributed by atoms with E-state index in [-0.39, 0.29) is 5.56 Å². The van der Waals surface area contributed by atoms with Crippen LogP contribution in [0.25, 0.3) is 11.4 Å². The zero-order valence-corrected chi connectivity index (χ0v) is 9.83. The van der Waals surface area contributed by atoms with E-state index in [9.17, 15) is 4.79 Å². The van der Waals surface area contributed by atoms with Gasteiger partial charge in [0.1, 0.15) is 24.3 Å². The van der Waals surface area contributed by atoms with Crippen molar-refractivity contribution in [2.75, 3.05) is 6.61 Å². The Labute approximate surface area is 108 Å². The van der Waals surface area contributed by atoms with Gasteiger partial charge in [-0.15, -0.1) is 0 Å². The largest absolute Gasteiger partial charge is 0.491 e. The Hall–Kier alpha value is -2.81. The van der Waals surface area contributed by atoms with Crippen LogP contribution in [0, 0.1) is 11.3 Å². The van der Waals surface area contributed by atoms with E-state index in [0.717, 1.165) is 0 Å². The van der Waals surface area contributed by atoms with E-state index in [0.29, 0.717) is 36.0 Å². The van der Waals surface area contributed by atoms with Gasteiger partial charge in [-0.05, 0) is 18.2 Å². The highest BCUT2D eigenvalue weighted by molar-refractivity contribution is 5.90. The van der Waals surface area contributed by atoms with E-state index in [1.807, 2.05) is 6.07 Å². The molecule has 2 heterocycles. The molecular formula is C13H9N3O3. The van der Waals surface area contributed by atoms with Crippen molar-refractivity contribution in [3.63, 3.8) is 0 Å². The molecule has 0 saturated carbocycles. The first kappa shape index (κ1) is 11.3. The summed E-state index contributed by atoms with van der Waals surface area (Å²) in [5.41, 5.74) is 1.07. The molecule has 0 spiro atoms. The average Bonchev–Trinajstić information content (AvgIpc) is 2.75. The third-order valence-corrected chi connectivity index (χ3v) is 2.95. The number of nitriles is 1. The maximum absolute atomic E-state index is 11.0. The summed E-state index contributed by atoms with van der Waals surface area (Å²) in [7, 11) is 0. The molecule has 0 saturated heterocycles. The number of hydrogen-bond acceptors (Lipinski definition) is 4. The van der Waals surface area contributed by atoms with Gasteiger partial charge in [-0.1, -0.05) is 0 Å². The van der Waals surface area contributed by atoms with Gasteiger partial charge in [0.15, 0.2) is 5.69 Å². The molecule has 0 bridgehead atoms. The van der Waals surface area contributed by atoms with Gasteiger partial charge in [0, 0.05) is 6.20 Å². The lowest BCUT2D eigenvalue weighted by Gasteiger charge is -2.06. The summed E-state index contributed by atoms with van der Waals surface area (Å²) in [6, 6.07) is 6.61. The first-order chi connectivity index (χ1) is 9.19. The van der Waals surface area contributed by atoms with Crippen molar-refractivity contribution in [2.45, 2.75) is 6.54 Å². The quantitative estimate of drug-likeness (QED) is 0.834. The molecule has 94 valence electrons. The number of carboxylic acid groups (broad SMARTS) is 1. The summed E-state index contributed by atoms with van der Waals surface area (Å²) in [5.74, 6) is 0.136. The zero-order valence-electron chi connectivity index (χ0n) is 9.83. The molecule has 0 aliphatic carbocycles. The van der Waals surface area contributed by atoms with Crippen LogP contribution >= 0.6 is 0 Å². The van der Waals surface area contributed by atoms with Crippen molar-refractivity contribution < 1.29 is 14.6 Å². The topological polar surface area (TPSA) is 88.1 Å². The summed E-state index contributed by atoms with van der Waals surface area (Å²) in [4.78, 5) is 15.2. The molecule has 0 unspecified atom stereocenters. The Morgan fingerprint density at radius 1 is 1.53 bits per heavy atom. The van der Waals surface area contributed by atoms with Crippen LogP contribution < -0.4 is 4.74 Å². The summed E-state index contributed by atoms with van der Waals surface area (Å²) in [5, 5.41) is 17.9. The van der Waals surface area contributed by atoms with Gasteiger partial charge in [0.05, 0.1) is 17.7 Å². The van der Waals surface area contributed by atoms with Gasteiger partial charge in [0.2, 0.25) is 0 Å². The SMILES string of the molecule is N#Cc1cn2c(n1)-c1cc(C(=O)O)ccc1OCC2. The van der Waals surface area contributed by atoms with E-state index in [2.05, 4.69) is 4.98 Å².